The molecule has 0 aromatic heterocycles. The average Bonchev–Trinajstić information content (AvgIpc) is 2.40. The first-order valence-electron chi connectivity index (χ1n) is 5.96. The van der Waals surface area contributed by atoms with Gasteiger partial charge in [0.25, 0.3) is 0 Å². The first kappa shape index (κ1) is 12.2. The molecule has 0 bridgehead atoms. The molecule has 0 spiro atoms. The topological polar surface area (TPSA) is 50.4 Å². The quantitative estimate of drug-likeness (QED) is 0.638. The molecule has 92 valence electrons. The maximum Gasteiger partial charge on any atom is 0.193 e. The number of guanidine groups is 1. The Balaban J connectivity index is 2.05. The van der Waals surface area contributed by atoms with Crippen molar-refractivity contribution in [3.05, 3.63) is 66.2 Å². The van der Waals surface area contributed by atoms with Gasteiger partial charge >= 0.3 is 0 Å². The highest BCUT2D eigenvalue weighted by atomic mass is 15.1. The lowest BCUT2D eigenvalue weighted by molar-refractivity contribution is 0.817. The van der Waals surface area contributed by atoms with E-state index in [2.05, 4.69) is 10.3 Å². The van der Waals surface area contributed by atoms with Crippen LogP contribution in [-0.2, 0) is 0 Å². The largest absolute Gasteiger partial charge is 0.370 e. The summed E-state index contributed by atoms with van der Waals surface area (Å²) < 4.78 is 0. The molecule has 3 N–H and O–H groups in total. The molecule has 3 nitrogen and oxygen atoms in total. The van der Waals surface area contributed by atoms with Crippen LogP contribution in [0.5, 0.6) is 0 Å². The highest BCUT2D eigenvalue weighted by Gasteiger charge is 2.03. The first-order chi connectivity index (χ1) is 8.75. The first-order valence-corrected chi connectivity index (χ1v) is 5.96. The molecular formula is C15H17N3. The van der Waals surface area contributed by atoms with E-state index < -0.39 is 0 Å². The summed E-state index contributed by atoms with van der Waals surface area (Å²) in [6.07, 6.45) is 0. The van der Waals surface area contributed by atoms with Gasteiger partial charge in [0, 0.05) is 5.69 Å². The molecule has 0 fully saturated rings. The van der Waals surface area contributed by atoms with E-state index in [-0.39, 0.29) is 6.04 Å². The third-order valence-electron chi connectivity index (χ3n) is 2.66. The third kappa shape index (κ3) is 3.35. The molecule has 2 rings (SSSR count). The molecule has 2 aromatic rings. The van der Waals surface area contributed by atoms with Crippen molar-refractivity contribution >= 4 is 11.6 Å². The van der Waals surface area contributed by atoms with Crippen LogP contribution in [0, 0.1) is 0 Å². The summed E-state index contributed by atoms with van der Waals surface area (Å²) in [6.45, 7) is 2.02. The van der Waals surface area contributed by atoms with Gasteiger partial charge in [-0.05, 0) is 24.6 Å². The Hall–Kier alpha value is -2.29. The molecule has 18 heavy (non-hydrogen) atoms. The maximum atomic E-state index is 5.88. The van der Waals surface area contributed by atoms with E-state index in [0.29, 0.717) is 5.96 Å². The van der Waals surface area contributed by atoms with Crippen LogP contribution in [-0.4, -0.2) is 5.96 Å². The van der Waals surface area contributed by atoms with Gasteiger partial charge in [-0.1, -0.05) is 48.5 Å². The molecule has 0 amide bonds. The molecule has 0 aliphatic heterocycles. The summed E-state index contributed by atoms with van der Waals surface area (Å²) in [5, 5.41) is 3.07. The number of nitrogens with two attached hydrogens (primary N) is 1. The van der Waals surface area contributed by atoms with E-state index in [1.807, 2.05) is 67.6 Å². The molecular weight excluding hydrogens is 222 g/mol. The number of aliphatic imine (C=N–C) groups is 1. The second-order valence-corrected chi connectivity index (χ2v) is 4.09. The summed E-state index contributed by atoms with van der Waals surface area (Å²) in [4.78, 5) is 4.43. The summed E-state index contributed by atoms with van der Waals surface area (Å²) >= 11 is 0. The number of para-hydroxylation sites is 1. The summed E-state index contributed by atoms with van der Waals surface area (Å²) in [5.41, 5.74) is 7.97. The van der Waals surface area contributed by atoms with Crippen LogP contribution in [0.25, 0.3) is 0 Å². The van der Waals surface area contributed by atoms with Crippen molar-refractivity contribution < 1.29 is 0 Å². The number of hydrogen-bond acceptors (Lipinski definition) is 1. The molecule has 0 aliphatic carbocycles. The van der Waals surface area contributed by atoms with Crippen molar-refractivity contribution in [3.63, 3.8) is 0 Å². The smallest absolute Gasteiger partial charge is 0.193 e. The van der Waals surface area contributed by atoms with E-state index in [1.165, 1.54) is 0 Å². The second-order valence-electron chi connectivity index (χ2n) is 4.09. The molecule has 0 aliphatic rings. The molecule has 0 radical (unpaired) electrons. The van der Waals surface area contributed by atoms with Crippen LogP contribution < -0.4 is 11.1 Å². The molecule has 0 heterocycles. The van der Waals surface area contributed by atoms with Crippen LogP contribution >= 0.6 is 0 Å². The minimum absolute atomic E-state index is 0.0439. The van der Waals surface area contributed by atoms with Gasteiger partial charge in [0.2, 0.25) is 0 Å². The van der Waals surface area contributed by atoms with Gasteiger partial charge in [0.15, 0.2) is 5.96 Å². The van der Waals surface area contributed by atoms with E-state index in [0.717, 1.165) is 11.3 Å². The predicted molar refractivity (Wildman–Crippen MR) is 76.5 cm³/mol. The number of hydrogen-bond donors (Lipinski definition) is 2. The molecule has 3 heteroatoms. The van der Waals surface area contributed by atoms with Gasteiger partial charge in [-0.15, -0.1) is 0 Å². The zero-order valence-electron chi connectivity index (χ0n) is 10.4. The fraction of sp³-hybridized carbons (Fsp3) is 0.133. The van der Waals surface area contributed by atoms with Crippen LogP contribution in [0.15, 0.2) is 65.7 Å². The highest BCUT2D eigenvalue weighted by molar-refractivity contribution is 5.92. The van der Waals surface area contributed by atoms with Crippen molar-refractivity contribution in [1.29, 1.82) is 0 Å². The van der Waals surface area contributed by atoms with Crippen molar-refractivity contribution in [3.8, 4) is 0 Å². The van der Waals surface area contributed by atoms with Crippen LogP contribution in [0.4, 0.5) is 5.69 Å². The second kappa shape index (κ2) is 5.87. The summed E-state index contributed by atoms with van der Waals surface area (Å²) in [6, 6.07) is 19.9. The lowest BCUT2D eigenvalue weighted by Gasteiger charge is -2.10. The van der Waals surface area contributed by atoms with Gasteiger partial charge in [0.05, 0.1) is 6.04 Å². The highest BCUT2D eigenvalue weighted by Crippen LogP contribution is 2.15. The Kier molecular flexibility index (Phi) is 3.97. The molecule has 1 unspecified atom stereocenters. The van der Waals surface area contributed by atoms with Gasteiger partial charge < -0.3 is 11.1 Å². The normalized spacial score (nSPS) is 13.1. The molecule has 2 aromatic carbocycles. The third-order valence-corrected chi connectivity index (χ3v) is 2.66. The summed E-state index contributed by atoms with van der Waals surface area (Å²) in [7, 11) is 0. The zero-order valence-corrected chi connectivity index (χ0v) is 10.4. The lowest BCUT2D eigenvalue weighted by atomic mass is 10.1. The van der Waals surface area contributed by atoms with Crippen molar-refractivity contribution in [2.24, 2.45) is 10.7 Å². The van der Waals surface area contributed by atoms with Crippen molar-refractivity contribution in [2.45, 2.75) is 13.0 Å². The van der Waals surface area contributed by atoms with Gasteiger partial charge in [-0.25, -0.2) is 4.99 Å². The fourth-order valence-corrected chi connectivity index (χ4v) is 1.72. The van der Waals surface area contributed by atoms with Gasteiger partial charge in [0.1, 0.15) is 0 Å². The predicted octanol–water partition coefficient (Wildman–Crippen LogP) is 3.17. The van der Waals surface area contributed by atoms with Crippen molar-refractivity contribution in [1.82, 2.24) is 0 Å². The Bertz CT molecular complexity index is 506. The van der Waals surface area contributed by atoms with E-state index in [9.17, 15) is 0 Å². The van der Waals surface area contributed by atoms with Gasteiger partial charge in [-0.3, -0.25) is 0 Å². The lowest BCUT2D eigenvalue weighted by Crippen LogP contribution is -2.23. The number of nitrogens with zero attached hydrogens (tertiary/aromatic N) is 1. The Morgan fingerprint density at radius 2 is 1.56 bits per heavy atom. The molecule has 0 saturated heterocycles. The maximum absolute atomic E-state index is 5.88. The number of rotatable bonds is 3. The zero-order chi connectivity index (χ0) is 12.8. The Morgan fingerprint density at radius 1 is 1.00 bits per heavy atom. The van der Waals surface area contributed by atoms with Gasteiger partial charge in [-0.2, -0.15) is 0 Å². The minimum Gasteiger partial charge on any atom is -0.370 e. The number of nitrogens with one attached hydrogen (secondary N) is 1. The van der Waals surface area contributed by atoms with Crippen LogP contribution in [0.1, 0.15) is 18.5 Å². The van der Waals surface area contributed by atoms with E-state index in [1.54, 1.807) is 0 Å². The Morgan fingerprint density at radius 3 is 2.17 bits per heavy atom. The SMILES string of the molecule is CC(N=C(N)Nc1ccccc1)c1ccccc1. The van der Waals surface area contributed by atoms with Crippen LogP contribution in [0.2, 0.25) is 0 Å². The summed E-state index contributed by atoms with van der Waals surface area (Å²) in [5.74, 6) is 0.428. The van der Waals surface area contributed by atoms with Crippen LogP contribution in [0.3, 0.4) is 0 Å². The average molecular weight is 239 g/mol. The van der Waals surface area contributed by atoms with E-state index in [4.69, 9.17) is 5.73 Å². The standard InChI is InChI=1S/C15H17N3/c1-12(13-8-4-2-5-9-13)17-15(16)18-14-10-6-3-7-11-14/h2-12H,1H3,(H3,16,17,18). The molecule has 1 atom stereocenters. The fourth-order valence-electron chi connectivity index (χ4n) is 1.72. The Labute approximate surface area is 107 Å². The minimum atomic E-state index is 0.0439. The molecule has 0 saturated carbocycles. The monoisotopic (exact) mass is 239 g/mol. The number of anilines is 1. The van der Waals surface area contributed by atoms with E-state index >= 15 is 0 Å². The van der Waals surface area contributed by atoms with Crippen molar-refractivity contribution in [2.75, 3.05) is 5.32 Å². The number of benzene rings is 2.